The van der Waals surface area contributed by atoms with E-state index in [1.807, 2.05) is 6.92 Å². The molecule has 1 saturated carbocycles. The molecule has 0 heterocycles. The number of hydrogen-bond acceptors (Lipinski definition) is 2. The fourth-order valence-electron chi connectivity index (χ4n) is 2.52. The standard InChI is InChI=1S/C14H29NO/c1-4-13(16)8-11-15-12-6-5-9-14(2,3)10-7-12/h12-13,15-16H,4-11H2,1-3H3. The molecular weight excluding hydrogens is 198 g/mol. The second-order valence-electron chi connectivity index (χ2n) is 6.10. The molecule has 0 bridgehead atoms. The summed E-state index contributed by atoms with van der Waals surface area (Å²) in [5, 5.41) is 13.1. The summed E-state index contributed by atoms with van der Waals surface area (Å²) in [6.45, 7) is 7.78. The minimum atomic E-state index is -0.116. The first-order chi connectivity index (χ1) is 7.53. The number of aliphatic hydroxyl groups excluding tert-OH is 1. The Hall–Kier alpha value is -0.0800. The van der Waals surface area contributed by atoms with Gasteiger partial charge >= 0.3 is 0 Å². The molecule has 2 N–H and O–H groups in total. The van der Waals surface area contributed by atoms with Gasteiger partial charge in [-0.2, -0.15) is 0 Å². The molecule has 0 aromatic rings. The zero-order valence-electron chi connectivity index (χ0n) is 11.3. The molecule has 1 aliphatic carbocycles. The van der Waals surface area contributed by atoms with E-state index >= 15 is 0 Å². The Labute approximate surface area is 101 Å². The molecule has 16 heavy (non-hydrogen) atoms. The third-order valence-corrected chi connectivity index (χ3v) is 3.96. The maximum absolute atomic E-state index is 9.49. The van der Waals surface area contributed by atoms with E-state index in [0.717, 1.165) is 19.4 Å². The van der Waals surface area contributed by atoms with Gasteiger partial charge in [0.05, 0.1) is 6.10 Å². The van der Waals surface area contributed by atoms with Crippen LogP contribution in [-0.4, -0.2) is 23.8 Å². The first kappa shape index (κ1) is 14.0. The Morgan fingerprint density at radius 3 is 2.75 bits per heavy atom. The highest BCUT2D eigenvalue weighted by Gasteiger charge is 2.23. The number of nitrogens with one attached hydrogen (secondary N) is 1. The van der Waals surface area contributed by atoms with Gasteiger partial charge in [-0.15, -0.1) is 0 Å². The van der Waals surface area contributed by atoms with Gasteiger partial charge in [-0.3, -0.25) is 0 Å². The van der Waals surface area contributed by atoms with Crippen LogP contribution in [0.2, 0.25) is 0 Å². The van der Waals surface area contributed by atoms with E-state index in [1.54, 1.807) is 0 Å². The molecule has 0 aromatic heterocycles. The summed E-state index contributed by atoms with van der Waals surface area (Å²) < 4.78 is 0. The maximum atomic E-state index is 9.49. The van der Waals surface area contributed by atoms with E-state index in [4.69, 9.17) is 0 Å². The molecule has 2 heteroatoms. The van der Waals surface area contributed by atoms with Gasteiger partial charge in [0.1, 0.15) is 0 Å². The van der Waals surface area contributed by atoms with Crippen LogP contribution in [0.4, 0.5) is 0 Å². The van der Waals surface area contributed by atoms with Crippen LogP contribution in [0.3, 0.4) is 0 Å². The molecule has 96 valence electrons. The zero-order chi connectivity index (χ0) is 12.0. The highest BCUT2D eigenvalue weighted by Crippen LogP contribution is 2.33. The van der Waals surface area contributed by atoms with Crippen LogP contribution in [-0.2, 0) is 0 Å². The van der Waals surface area contributed by atoms with Gasteiger partial charge in [-0.05, 0) is 50.5 Å². The summed E-state index contributed by atoms with van der Waals surface area (Å²) in [7, 11) is 0. The average molecular weight is 227 g/mol. The van der Waals surface area contributed by atoms with Crippen molar-refractivity contribution >= 4 is 0 Å². The molecular formula is C14H29NO. The van der Waals surface area contributed by atoms with E-state index < -0.39 is 0 Å². The van der Waals surface area contributed by atoms with Gasteiger partial charge in [0.15, 0.2) is 0 Å². The minimum absolute atomic E-state index is 0.116. The largest absolute Gasteiger partial charge is 0.393 e. The third-order valence-electron chi connectivity index (χ3n) is 3.96. The summed E-state index contributed by atoms with van der Waals surface area (Å²) in [6, 6.07) is 0.686. The van der Waals surface area contributed by atoms with E-state index in [0.29, 0.717) is 11.5 Å². The molecule has 1 aliphatic rings. The van der Waals surface area contributed by atoms with Crippen molar-refractivity contribution in [2.24, 2.45) is 5.41 Å². The number of hydrogen-bond donors (Lipinski definition) is 2. The van der Waals surface area contributed by atoms with Crippen molar-refractivity contribution in [3.8, 4) is 0 Å². The topological polar surface area (TPSA) is 32.3 Å². The Balaban J connectivity index is 2.18. The second-order valence-corrected chi connectivity index (χ2v) is 6.10. The fourth-order valence-corrected chi connectivity index (χ4v) is 2.52. The molecule has 0 saturated heterocycles. The summed E-state index contributed by atoms with van der Waals surface area (Å²) >= 11 is 0. The molecule has 0 amide bonds. The summed E-state index contributed by atoms with van der Waals surface area (Å²) in [5.74, 6) is 0. The molecule has 1 fully saturated rings. The lowest BCUT2D eigenvalue weighted by Crippen LogP contribution is -2.31. The monoisotopic (exact) mass is 227 g/mol. The van der Waals surface area contributed by atoms with Gasteiger partial charge in [-0.1, -0.05) is 27.2 Å². The average Bonchev–Trinajstić information content (AvgIpc) is 2.40. The van der Waals surface area contributed by atoms with Crippen LogP contribution in [0, 0.1) is 5.41 Å². The Bertz CT molecular complexity index is 191. The lowest BCUT2D eigenvalue weighted by molar-refractivity contribution is 0.158. The zero-order valence-corrected chi connectivity index (χ0v) is 11.3. The van der Waals surface area contributed by atoms with Crippen LogP contribution in [0.15, 0.2) is 0 Å². The third kappa shape index (κ3) is 5.31. The van der Waals surface area contributed by atoms with Crippen molar-refractivity contribution < 1.29 is 5.11 Å². The van der Waals surface area contributed by atoms with Gasteiger partial charge in [0.25, 0.3) is 0 Å². The Morgan fingerprint density at radius 1 is 1.31 bits per heavy atom. The first-order valence-electron chi connectivity index (χ1n) is 6.95. The highest BCUT2D eigenvalue weighted by molar-refractivity contribution is 4.79. The normalized spacial score (nSPS) is 27.4. The fraction of sp³-hybridized carbons (Fsp3) is 1.00. The van der Waals surface area contributed by atoms with Crippen LogP contribution in [0.5, 0.6) is 0 Å². The van der Waals surface area contributed by atoms with E-state index in [2.05, 4.69) is 19.2 Å². The van der Waals surface area contributed by atoms with Gasteiger partial charge in [-0.25, -0.2) is 0 Å². The molecule has 2 unspecified atom stereocenters. The first-order valence-corrected chi connectivity index (χ1v) is 6.95. The molecule has 0 radical (unpaired) electrons. The molecule has 0 aliphatic heterocycles. The van der Waals surface area contributed by atoms with Crippen molar-refractivity contribution in [2.75, 3.05) is 6.54 Å². The molecule has 2 atom stereocenters. The lowest BCUT2D eigenvalue weighted by Gasteiger charge is -2.22. The summed E-state index contributed by atoms with van der Waals surface area (Å²) in [5.41, 5.74) is 0.541. The predicted molar refractivity (Wildman–Crippen MR) is 69.6 cm³/mol. The molecule has 0 spiro atoms. The number of aliphatic hydroxyl groups is 1. The second kappa shape index (κ2) is 6.61. The predicted octanol–water partition coefficient (Wildman–Crippen LogP) is 3.10. The van der Waals surface area contributed by atoms with Crippen LogP contribution in [0.1, 0.15) is 65.7 Å². The quantitative estimate of drug-likeness (QED) is 0.707. The van der Waals surface area contributed by atoms with E-state index in [9.17, 15) is 5.11 Å². The van der Waals surface area contributed by atoms with Crippen molar-refractivity contribution in [2.45, 2.75) is 77.9 Å². The number of rotatable bonds is 5. The summed E-state index contributed by atoms with van der Waals surface area (Å²) in [6.07, 6.45) is 8.32. The van der Waals surface area contributed by atoms with Crippen molar-refractivity contribution in [1.29, 1.82) is 0 Å². The van der Waals surface area contributed by atoms with Crippen LogP contribution >= 0.6 is 0 Å². The SMILES string of the molecule is CCC(O)CCNC1CCCC(C)(C)CC1. The molecule has 0 aromatic carbocycles. The van der Waals surface area contributed by atoms with Crippen molar-refractivity contribution in [3.05, 3.63) is 0 Å². The maximum Gasteiger partial charge on any atom is 0.0549 e. The van der Waals surface area contributed by atoms with Crippen molar-refractivity contribution in [1.82, 2.24) is 5.32 Å². The smallest absolute Gasteiger partial charge is 0.0549 e. The minimum Gasteiger partial charge on any atom is -0.393 e. The van der Waals surface area contributed by atoms with Crippen LogP contribution < -0.4 is 5.32 Å². The highest BCUT2D eigenvalue weighted by atomic mass is 16.3. The van der Waals surface area contributed by atoms with Crippen molar-refractivity contribution in [3.63, 3.8) is 0 Å². The summed E-state index contributed by atoms with van der Waals surface area (Å²) in [4.78, 5) is 0. The van der Waals surface area contributed by atoms with E-state index in [-0.39, 0.29) is 6.10 Å². The molecule has 2 nitrogen and oxygen atoms in total. The lowest BCUT2D eigenvalue weighted by atomic mass is 9.85. The Kier molecular flexibility index (Phi) is 5.77. The van der Waals surface area contributed by atoms with Crippen LogP contribution in [0.25, 0.3) is 0 Å². The molecule has 1 rings (SSSR count). The van der Waals surface area contributed by atoms with Gasteiger partial charge in [0, 0.05) is 6.04 Å². The van der Waals surface area contributed by atoms with Gasteiger partial charge < -0.3 is 10.4 Å². The van der Waals surface area contributed by atoms with E-state index in [1.165, 1.54) is 32.1 Å². The van der Waals surface area contributed by atoms with Gasteiger partial charge in [0.2, 0.25) is 0 Å². The Morgan fingerprint density at radius 2 is 2.06 bits per heavy atom.